The van der Waals surface area contributed by atoms with Gasteiger partial charge in [-0.05, 0) is 48.4 Å². The Balaban J connectivity index is 1.36. The first-order chi connectivity index (χ1) is 17.6. The summed E-state index contributed by atoms with van der Waals surface area (Å²) in [5, 5.41) is 0.908. The summed E-state index contributed by atoms with van der Waals surface area (Å²) in [5.41, 5.74) is 5.52. The predicted molar refractivity (Wildman–Crippen MR) is 146 cm³/mol. The van der Waals surface area contributed by atoms with Crippen LogP contribution in [-0.4, -0.2) is 60.5 Å². The molecule has 0 atom stereocenters. The van der Waals surface area contributed by atoms with E-state index in [4.69, 9.17) is 9.72 Å². The quantitative estimate of drug-likeness (QED) is 0.358. The van der Waals surface area contributed by atoms with E-state index in [0.717, 1.165) is 58.7 Å². The number of para-hydroxylation sites is 1. The molecule has 5 rings (SSSR count). The Morgan fingerprint density at radius 1 is 0.917 bits per heavy atom. The molecule has 1 fully saturated rings. The normalized spacial score (nSPS) is 14.4. The monoisotopic (exact) mass is 477 g/mol. The number of pyridine rings is 1. The summed E-state index contributed by atoms with van der Waals surface area (Å²) >= 11 is 0. The molecule has 3 aromatic carbocycles. The first-order valence-corrected chi connectivity index (χ1v) is 12.4. The molecule has 0 aliphatic carbocycles. The lowest BCUT2D eigenvalue weighted by Crippen LogP contribution is -2.48. The van der Waals surface area contributed by atoms with E-state index in [-0.39, 0.29) is 5.91 Å². The molecular formula is C31H31N3O2. The summed E-state index contributed by atoms with van der Waals surface area (Å²) in [4.78, 5) is 23.2. The number of ether oxygens (including phenoxy) is 1. The van der Waals surface area contributed by atoms with Crippen LogP contribution in [0.3, 0.4) is 0 Å². The molecule has 1 amide bonds. The number of benzene rings is 3. The van der Waals surface area contributed by atoms with Gasteiger partial charge in [0.1, 0.15) is 5.75 Å². The number of hydrogen-bond acceptors (Lipinski definition) is 4. The van der Waals surface area contributed by atoms with Crippen LogP contribution < -0.4 is 4.74 Å². The number of amides is 1. The highest BCUT2D eigenvalue weighted by molar-refractivity contribution is 6.09. The molecule has 0 bridgehead atoms. The Morgan fingerprint density at radius 3 is 2.33 bits per heavy atom. The molecule has 5 nitrogen and oxygen atoms in total. The Kier molecular flexibility index (Phi) is 7.10. The van der Waals surface area contributed by atoms with Crippen molar-refractivity contribution in [1.29, 1.82) is 0 Å². The summed E-state index contributed by atoms with van der Waals surface area (Å²) in [6.45, 7) is 6.04. The van der Waals surface area contributed by atoms with Crippen molar-refractivity contribution in [2.45, 2.75) is 6.92 Å². The van der Waals surface area contributed by atoms with E-state index < -0.39 is 0 Å². The Labute approximate surface area is 212 Å². The molecular weight excluding hydrogens is 446 g/mol. The third-order valence-electron chi connectivity index (χ3n) is 6.85. The number of carbonyl (C=O) groups excluding carboxylic acids is 1. The number of piperazine rings is 1. The average Bonchev–Trinajstić information content (AvgIpc) is 2.93. The maximum Gasteiger partial charge on any atom is 0.254 e. The second-order valence-electron chi connectivity index (χ2n) is 9.11. The van der Waals surface area contributed by atoms with Crippen molar-refractivity contribution in [3.63, 3.8) is 0 Å². The molecule has 182 valence electrons. The fourth-order valence-corrected chi connectivity index (χ4v) is 4.81. The lowest BCUT2D eigenvalue weighted by atomic mass is 9.96. The zero-order valence-corrected chi connectivity index (χ0v) is 20.9. The van der Waals surface area contributed by atoms with Crippen molar-refractivity contribution in [3.8, 4) is 17.0 Å². The van der Waals surface area contributed by atoms with Crippen LogP contribution in [0.2, 0.25) is 0 Å². The molecule has 0 N–H and O–H groups in total. The first kappa shape index (κ1) is 23.8. The van der Waals surface area contributed by atoms with Crippen LogP contribution in [0.5, 0.6) is 5.75 Å². The van der Waals surface area contributed by atoms with Gasteiger partial charge in [-0.3, -0.25) is 9.69 Å². The number of rotatable bonds is 6. The van der Waals surface area contributed by atoms with Gasteiger partial charge >= 0.3 is 0 Å². The van der Waals surface area contributed by atoms with E-state index in [1.54, 1.807) is 7.11 Å². The van der Waals surface area contributed by atoms with E-state index >= 15 is 0 Å². The van der Waals surface area contributed by atoms with Crippen LogP contribution in [-0.2, 0) is 0 Å². The van der Waals surface area contributed by atoms with Crippen LogP contribution in [0.15, 0.2) is 84.9 Å². The molecule has 5 heteroatoms. The van der Waals surface area contributed by atoms with E-state index in [1.807, 2.05) is 66.4 Å². The minimum absolute atomic E-state index is 0.0836. The van der Waals surface area contributed by atoms with Crippen molar-refractivity contribution in [3.05, 3.63) is 102 Å². The maximum absolute atomic E-state index is 13.9. The van der Waals surface area contributed by atoms with Crippen molar-refractivity contribution >= 4 is 22.9 Å². The lowest BCUT2D eigenvalue weighted by molar-refractivity contribution is 0.0651. The molecule has 1 aliphatic heterocycles. The topological polar surface area (TPSA) is 45.7 Å². The summed E-state index contributed by atoms with van der Waals surface area (Å²) in [5.74, 6) is 0.880. The Bertz CT molecular complexity index is 1370. The molecule has 1 saturated heterocycles. The highest BCUT2D eigenvalue weighted by atomic mass is 16.5. The molecule has 0 saturated carbocycles. The van der Waals surface area contributed by atoms with Crippen LogP contribution in [0.25, 0.3) is 28.2 Å². The Morgan fingerprint density at radius 2 is 1.61 bits per heavy atom. The SMILES string of the molecule is COc1ccc(-c2nc3ccccc3c(C(=O)N3CCN(C/C=C/c4ccccc4)CC3)c2C)cc1. The van der Waals surface area contributed by atoms with Crippen molar-refractivity contribution in [2.24, 2.45) is 0 Å². The third-order valence-corrected chi connectivity index (χ3v) is 6.85. The maximum atomic E-state index is 13.9. The van der Waals surface area contributed by atoms with Gasteiger partial charge in [0.2, 0.25) is 0 Å². The fraction of sp³-hybridized carbons (Fsp3) is 0.226. The fourth-order valence-electron chi connectivity index (χ4n) is 4.81. The average molecular weight is 478 g/mol. The van der Waals surface area contributed by atoms with Crippen molar-refractivity contribution < 1.29 is 9.53 Å². The van der Waals surface area contributed by atoms with Gasteiger partial charge in [-0.15, -0.1) is 0 Å². The van der Waals surface area contributed by atoms with Gasteiger partial charge in [-0.25, -0.2) is 4.98 Å². The summed E-state index contributed by atoms with van der Waals surface area (Å²) in [7, 11) is 1.66. The number of fused-ring (bicyclic) bond motifs is 1. The first-order valence-electron chi connectivity index (χ1n) is 12.4. The minimum Gasteiger partial charge on any atom is -0.497 e. The van der Waals surface area contributed by atoms with Gasteiger partial charge in [0.15, 0.2) is 0 Å². The zero-order valence-electron chi connectivity index (χ0n) is 20.9. The van der Waals surface area contributed by atoms with Crippen molar-refractivity contribution in [2.75, 3.05) is 39.8 Å². The zero-order chi connectivity index (χ0) is 24.9. The largest absolute Gasteiger partial charge is 0.497 e. The number of hydrogen-bond donors (Lipinski definition) is 0. The van der Waals surface area contributed by atoms with Gasteiger partial charge in [0.25, 0.3) is 5.91 Å². The van der Waals surface area contributed by atoms with Crippen LogP contribution >= 0.6 is 0 Å². The molecule has 4 aromatic rings. The molecule has 0 spiro atoms. The Hall–Kier alpha value is -3.96. The van der Waals surface area contributed by atoms with Crippen molar-refractivity contribution in [1.82, 2.24) is 14.8 Å². The van der Waals surface area contributed by atoms with E-state index in [0.29, 0.717) is 13.1 Å². The van der Waals surface area contributed by atoms with Gasteiger partial charge in [0, 0.05) is 43.7 Å². The second-order valence-corrected chi connectivity index (χ2v) is 9.11. The summed E-state index contributed by atoms with van der Waals surface area (Å²) in [6.07, 6.45) is 4.36. The van der Waals surface area contributed by atoms with E-state index in [2.05, 4.69) is 41.3 Å². The van der Waals surface area contributed by atoms with Gasteiger partial charge in [-0.2, -0.15) is 0 Å². The molecule has 1 aromatic heterocycles. The number of methoxy groups -OCH3 is 1. The lowest BCUT2D eigenvalue weighted by Gasteiger charge is -2.34. The standard InChI is InChI=1S/C31H31N3O2/c1-23-29(27-12-6-7-13-28(27)32-30(23)25-14-16-26(36-2)17-15-25)31(35)34-21-19-33(20-22-34)18-8-11-24-9-4-3-5-10-24/h3-17H,18-22H2,1-2H3/b11-8+. The molecule has 1 aliphatic rings. The van der Waals surface area contributed by atoms with Crippen LogP contribution in [0, 0.1) is 6.92 Å². The summed E-state index contributed by atoms with van der Waals surface area (Å²) < 4.78 is 5.31. The minimum atomic E-state index is 0.0836. The highest BCUT2D eigenvalue weighted by Gasteiger charge is 2.26. The van der Waals surface area contributed by atoms with E-state index in [1.165, 1.54) is 5.56 Å². The smallest absolute Gasteiger partial charge is 0.254 e. The summed E-state index contributed by atoms with van der Waals surface area (Å²) in [6, 6.07) is 26.1. The molecule has 2 heterocycles. The molecule has 0 unspecified atom stereocenters. The number of aromatic nitrogens is 1. The van der Waals surface area contributed by atoms with Gasteiger partial charge in [-0.1, -0.05) is 60.7 Å². The van der Waals surface area contributed by atoms with Crippen LogP contribution in [0.4, 0.5) is 0 Å². The molecule has 0 radical (unpaired) electrons. The van der Waals surface area contributed by atoms with E-state index in [9.17, 15) is 4.79 Å². The molecule has 36 heavy (non-hydrogen) atoms. The number of nitrogens with zero attached hydrogens (tertiary/aromatic N) is 3. The second kappa shape index (κ2) is 10.8. The van der Waals surface area contributed by atoms with Crippen LogP contribution in [0.1, 0.15) is 21.5 Å². The highest BCUT2D eigenvalue weighted by Crippen LogP contribution is 2.31. The number of carbonyl (C=O) groups is 1. The third kappa shape index (κ3) is 5.02. The van der Waals surface area contributed by atoms with Gasteiger partial charge < -0.3 is 9.64 Å². The predicted octanol–water partition coefficient (Wildman–Crippen LogP) is 5.69. The van der Waals surface area contributed by atoms with Gasteiger partial charge in [0.05, 0.1) is 23.9 Å².